The first-order valence-corrected chi connectivity index (χ1v) is 7.50. The second-order valence-corrected chi connectivity index (χ2v) is 6.08. The Morgan fingerprint density at radius 3 is 2.80 bits per heavy atom. The van der Waals surface area contributed by atoms with E-state index in [1.54, 1.807) is 45.2 Å². The molecule has 1 aromatic heterocycles. The predicted molar refractivity (Wildman–Crippen MR) is 91.3 cm³/mol. The van der Waals surface area contributed by atoms with Gasteiger partial charge in [0.25, 0.3) is 5.69 Å². The lowest BCUT2D eigenvalue weighted by molar-refractivity contribution is -0.384. The number of para-hydroxylation sites is 2. The molecule has 0 bridgehead atoms. The van der Waals surface area contributed by atoms with Gasteiger partial charge in [0.1, 0.15) is 11.3 Å². The number of hydrogen-bond acceptors (Lipinski definition) is 5. The fraction of sp³-hybridized carbons (Fsp3) is 0.294. The standard InChI is InChI=1S/C17H18N4O4/c1-17(2,3)25-16(22)18-10-6-7-13-11-19-20(12-13)14-8-4-5-9-15(14)21(23)24/h4-5,8-9,11-12H,10H2,1-3H3,(H,18,22). The fourth-order valence-corrected chi connectivity index (χ4v) is 1.91. The minimum absolute atomic E-state index is 0.0447. The molecule has 0 saturated heterocycles. The first kappa shape index (κ1) is 18.0. The van der Waals surface area contributed by atoms with E-state index in [1.165, 1.54) is 16.9 Å². The molecule has 0 radical (unpaired) electrons. The largest absolute Gasteiger partial charge is 0.444 e. The lowest BCUT2D eigenvalue weighted by Gasteiger charge is -2.18. The molecule has 0 aliphatic carbocycles. The van der Waals surface area contributed by atoms with Gasteiger partial charge in [-0.15, -0.1) is 0 Å². The Bertz CT molecular complexity index is 840. The van der Waals surface area contributed by atoms with E-state index in [0.29, 0.717) is 11.3 Å². The highest BCUT2D eigenvalue weighted by Crippen LogP contribution is 2.21. The molecule has 1 aromatic carbocycles. The van der Waals surface area contributed by atoms with Crippen LogP contribution in [0.1, 0.15) is 26.3 Å². The molecule has 0 unspecified atom stereocenters. The summed E-state index contributed by atoms with van der Waals surface area (Å²) in [6.07, 6.45) is 2.54. The fourth-order valence-electron chi connectivity index (χ4n) is 1.91. The summed E-state index contributed by atoms with van der Waals surface area (Å²) in [6, 6.07) is 6.30. The van der Waals surface area contributed by atoms with Gasteiger partial charge in [-0.1, -0.05) is 24.0 Å². The van der Waals surface area contributed by atoms with E-state index in [1.807, 2.05) is 0 Å². The van der Waals surface area contributed by atoms with Gasteiger partial charge < -0.3 is 10.1 Å². The van der Waals surface area contributed by atoms with Crippen molar-refractivity contribution in [3.05, 3.63) is 52.3 Å². The van der Waals surface area contributed by atoms with Gasteiger partial charge in [0.05, 0.1) is 23.2 Å². The van der Waals surface area contributed by atoms with Crippen LogP contribution in [0, 0.1) is 22.0 Å². The Kier molecular flexibility index (Phi) is 5.39. The van der Waals surface area contributed by atoms with Crippen molar-refractivity contribution in [2.24, 2.45) is 0 Å². The summed E-state index contributed by atoms with van der Waals surface area (Å²) < 4.78 is 6.48. The van der Waals surface area contributed by atoms with Crippen molar-refractivity contribution in [1.29, 1.82) is 0 Å². The minimum Gasteiger partial charge on any atom is -0.444 e. The van der Waals surface area contributed by atoms with Crippen molar-refractivity contribution in [3.8, 4) is 17.5 Å². The highest BCUT2D eigenvalue weighted by atomic mass is 16.6. The van der Waals surface area contributed by atoms with Crippen LogP contribution in [0.4, 0.5) is 10.5 Å². The summed E-state index contributed by atoms with van der Waals surface area (Å²) in [5.74, 6) is 5.60. The maximum absolute atomic E-state index is 11.5. The monoisotopic (exact) mass is 342 g/mol. The minimum atomic E-state index is -0.566. The molecule has 1 heterocycles. The number of carbonyl (C=O) groups excluding carboxylic acids is 1. The Hall–Kier alpha value is -3.34. The molecule has 2 rings (SSSR count). The van der Waals surface area contributed by atoms with E-state index in [2.05, 4.69) is 22.3 Å². The Morgan fingerprint density at radius 2 is 2.12 bits per heavy atom. The number of ether oxygens (including phenoxy) is 1. The van der Waals surface area contributed by atoms with Crippen molar-refractivity contribution < 1.29 is 14.5 Å². The molecule has 0 aliphatic heterocycles. The van der Waals surface area contributed by atoms with Crippen LogP contribution in [0.25, 0.3) is 5.69 Å². The number of carbonyl (C=O) groups is 1. The quantitative estimate of drug-likeness (QED) is 0.525. The van der Waals surface area contributed by atoms with Gasteiger partial charge in [-0.2, -0.15) is 5.10 Å². The van der Waals surface area contributed by atoms with Gasteiger partial charge in [0.15, 0.2) is 0 Å². The summed E-state index contributed by atoms with van der Waals surface area (Å²) in [7, 11) is 0. The molecular weight excluding hydrogens is 324 g/mol. The number of nitrogens with one attached hydrogen (secondary N) is 1. The van der Waals surface area contributed by atoms with Crippen molar-refractivity contribution >= 4 is 11.8 Å². The molecule has 0 fully saturated rings. The molecular formula is C17H18N4O4. The molecule has 1 amide bonds. The van der Waals surface area contributed by atoms with Gasteiger partial charge in [-0.05, 0) is 26.8 Å². The maximum atomic E-state index is 11.5. The highest BCUT2D eigenvalue weighted by molar-refractivity contribution is 5.68. The van der Waals surface area contributed by atoms with Crippen LogP contribution in [-0.2, 0) is 4.74 Å². The summed E-state index contributed by atoms with van der Waals surface area (Å²) in [5.41, 5.74) is 0.316. The van der Waals surface area contributed by atoms with E-state index < -0.39 is 16.6 Å². The van der Waals surface area contributed by atoms with E-state index in [4.69, 9.17) is 4.74 Å². The first-order valence-electron chi connectivity index (χ1n) is 7.50. The lowest BCUT2D eigenvalue weighted by atomic mass is 10.2. The van der Waals surface area contributed by atoms with Crippen LogP contribution < -0.4 is 5.32 Å². The molecule has 0 aliphatic rings. The van der Waals surface area contributed by atoms with E-state index in [0.717, 1.165) is 0 Å². The molecule has 25 heavy (non-hydrogen) atoms. The summed E-state index contributed by atoms with van der Waals surface area (Å²) in [6.45, 7) is 5.44. The van der Waals surface area contributed by atoms with Crippen LogP contribution in [0.5, 0.6) is 0 Å². The number of aromatic nitrogens is 2. The maximum Gasteiger partial charge on any atom is 0.408 e. The van der Waals surface area contributed by atoms with Crippen molar-refractivity contribution in [2.75, 3.05) is 6.54 Å². The Labute approximate surface area is 144 Å². The zero-order chi connectivity index (χ0) is 18.4. The van der Waals surface area contributed by atoms with Crippen LogP contribution in [0.2, 0.25) is 0 Å². The first-order chi connectivity index (χ1) is 11.8. The Morgan fingerprint density at radius 1 is 1.40 bits per heavy atom. The molecule has 0 atom stereocenters. The molecule has 2 aromatic rings. The molecule has 8 heteroatoms. The van der Waals surface area contributed by atoms with E-state index in [9.17, 15) is 14.9 Å². The second-order valence-electron chi connectivity index (χ2n) is 6.08. The predicted octanol–water partition coefficient (Wildman–Crippen LogP) is 2.66. The number of hydrogen-bond donors (Lipinski definition) is 1. The third-order valence-electron chi connectivity index (χ3n) is 2.86. The smallest absolute Gasteiger partial charge is 0.408 e. The van der Waals surface area contributed by atoms with Gasteiger partial charge in [0, 0.05) is 12.3 Å². The van der Waals surface area contributed by atoms with Crippen LogP contribution in [0.15, 0.2) is 36.7 Å². The normalized spacial score (nSPS) is 10.5. The second kappa shape index (κ2) is 7.49. The Balaban J connectivity index is 2.02. The third kappa shape index (κ3) is 5.35. The zero-order valence-electron chi connectivity index (χ0n) is 14.1. The number of benzene rings is 1. The molecule has 130 valence electrons. The number of nitro benzene ring substituents is 1. The number of rotatable bonds is 3. The molecule has 0 spiro atoms. The summed E-state index contributed by atoms with van der Waals surface area (Å²) in [5, 5.41) is 17.7. The average Bonchev–Trinajstić information content (AvgIpc) is 2.98. The van der Waals surface area contributed by atoms with Crippen molar-refractivity contribution in [3.63, 3.8) is 0 Å². The van der Waals surface area contributed by atoms with E-state index >= 15 is 0 Å². The summed E-state index contributed by atoms with van der Waals surface area (Å²) >= 11 is 0. The third-order valence-corrected chi connectivity index (χ3v) is 2.86. The highest BCUT2D eigenvalue weighted by Gasteiger charge is 2.15. The zero-order valence-corrected chi connectivity index (χ0v) is 14.1. The summed E-state index contributed by atoms with van der Waals surface area (Å²) in [4.78, 5) is 22.1. The van der Waals surface area contributed by atoms with Gasteiger partial charge in [-0.25, -0.2) is 9.48 Å². The number of amides is 1. The van der Waals surface area contributed by atoms with Crippen molar-refractivity contribution in [2.45, 2.75) is 26.4 Å². The molecule has 8 nitrogen and oxygen atoms in total. The van der Waals surface area contributed by atoms with Gasteiger partial charge in [-0.3, -0.25) is 10.1 Å². The van der Waals surface area contributed by atoms with Crippen LogP contribution >= 0.6 is 0 Å². The topological polar surface area (TPSA) is 99.3 Å². The van der Waals surface area contributed by atoms with Crippen LogP contribution in [0.3, 0.4) is 0 Å². The average molecular weight is 342 g/mol. The van der Waals surface area contributed by atoms with Crippen molar-refractivity contribution in [1.82, 2.24) is 15.1 Å². The number of alkyl carbamates (subject to hydrolysis) is 1. The SMILES string of the molecule is CC(C)(C)OC(=O)NCC#Cc1cnn(-c2ccccc2[N+](=O)[O-])c1. The molecule has 1 N–H and O–H groups in total. The van der Waals surface area contributed by atoms with Crippen LogP contribution in [-0.4, -0.2) is 32.9 Å². The van der Waals surface area contributed by atoms with Gasteiger partial charge in [0.2, 0.25) is 0 Å². The number of nitrogens with zero attached hydrogens (tertiary/aromatic N) is 3. The molecule has 0 saturated carbocycles. The van der Waals surface area contributed by atoms with E-state index in [-0.39, 0.29) is 12.2 Å². The number of nitro groups is 1. The lowest BCUT2D eigenvalue weighted by Crippen LogP contribution is -2.32. The van der Waals surface area contributed by atoms with Gasteiger partial charge >= 0.3 is 6.09 Å².